The maximum Gasteiger partial charge on any atom is 0.184 e. The van der Waals surface area contributed by atoms with Gasteiger partial charge < -0.3 is 25.0 Å². The lowest BCUT2D eigenvalue weighted by Crippen LogP contribution is -2.24. The third-order valence-corrected chi connectivity index (χ3v) is 3.24. The molecule has 1 aliphatic heterocycles. The highest BCUT2D eigenvalue weighted by Gasteiger charge is 2.26. The first-order valence-corrected chi connectivity index (χ1v) is 6.56. The van der Waals surface area contributed by atoms with Crippen molar-refractivity contribution in [1.29, 1.82) is 0 Å². The van der Waals surface area contributed by atoms with Crippen LogP contribution in [0.25, 0.3) is 0 Å². The minimum Gasteiger partial charge on any atom is -0.390 e. The maximum atomic E-state index is 10.3. The van der Waals surface area contributed by atoms with Crippen LogP contribution in [0.3, 0.4) is 0 Å². The Labute approximate surface area is 113 Å². The Hall–Kier alpha value is -0.980. The second-order valence-corrected chi connectivity index (χ2v) is 4.61. The highest BCUT2D eigenvalue weighted by molar-refractivity contribution is 5.31. The molecule has 2 unspecified atom stereocenters. The van der Waals surface area contributed by atoms with Gasteiger partial charge in [0.15, 0.2) is 6.29 Å². The van der Waals surface area contributed by atoms with E-state index in [0.717, 1.165) is 5.56 Å². The van der Waals surface area contributed by atoms with Gasteiger partial charge in [-0.1, -0.05) is 24.3 Å². The summed E-state index contributed by atoms with van der Waals surface area (Å²) >= 11 is 0. The van der Waals surface area contributed by atoms with Crippen molar-refractivity contribution >= 4 is 0 Å². The van der Waals surface area contributed by atoms with Crippen molar-refractivity contribution in [2.45, 2.75) is 24.9 Å². The van der Waals surface area contributed by atoms with Gasteiger partial charge in [-0.2, -0.15) is 0 Å². The number of rotatable bonds is 6. The molecule has 3 N–H and O–H groups in total. The zero-order valence-corrected chi connectivity index (χ0v) is 11.1. The molecule has 2 rings (SSSR count). The van der Waals surface area contributed by atoms with E-state index in [-0.39, 0.29) is 0 Å². The molecule has 0 saturated carbocycles. The van der Waals surface area contributed by atoms with Crippen LogP contribution in [0.1, 0.15) is 29.9 Å². The summed E-state index contributed by atoms with van der Waals surface area (Å²) in [7, 11) is 1.81. The van der Waals surface area contributed by atoms with Gasteiger partial charge in [-0.15, -0.1) is 0 Å². The van der Waals surface area contributed by atoms with Gasteiger partial charge in [0.1, 0.15) is 6.10 Å². The largest absolute Gasteiger partial charge is 0.390 e. The summed E-state index contributed by atoms with van der Waals surface area (Å²) in [5.41, 5.74) is 1.45. The Morgan fingerprint density at radius 3 is 2.63 bits per heavy atom. The predicted octanol–water partition coefficient (Wildman–Crippen LogP) is 0.736. The van der Waals surface area contributed by atoms with Crippen LogP contribution in [0.4, 0.5) is 0 Å². The first-order valence-electron chi connectivity index (χ1n) is 6.56. The molecule has 2 atom stereocenters. The number of hydrogen-bond acceptors (Lipinski definition) is 5. The van der Waals surface area contributed by atoms with E-state index in [1.807, 2.05) is 25.2 Å². The fourth-order valence-corrected chi connectivity index (χ4v) is 2.19. The molecule has 0 aromatic heterocycles. The predicted molar refractivity (Wildman–Crippen MR) is 70.6 cm³/mol. The zero-order valence-electron chi connectivity index (χ0n) is 11.1. The average molecular weight is 267 g/mol. The Balaban J connectivity index is 2.13. The lowest BCUT2D eigenvalue weighted by atomic mass is 9.96. The third kappa shape index (κ3) is 3.52. The van der Waals surface area contributed by atoms with Gasteiger partial charge in [-0.25, -0.2) is 0 Å². The van der Waals surface area contributed by atoms with E-state index >= 15 is 0 Å². The molecule has 0 aliphatic carbocycles. The fraction of sp³-hybridized carbons (Fsp3) is 0.571. The van der Waals surface area contributed by atoms with Gasteiger partial charge in [0.05, 0.1) is 19.3 Å². The van der Waals surface area contributed by atoms with Crippen molar-refractivity contribution in [1.82, 2.24) is 5.32 Å². The molecule has 0 bridgehead atoms. The van der Waals surface area contributed by atoms with E-state index in [9.17, 15) is 10.2 Å². The van der Waals surface area contributed by atoms with E-state index in [0.29, 0.717) is 31.7 Å². The van der Waals surface area contributed by atoms with Crippen molar-refractivity contribution in [3.63, 3.8) is 0 Å². The quantitative estimate of drug-likeness (QED) is 0.709. The number of hydrogen-bond donors (Lipinski definition) is 3. The highest BCUT2D eigenvalue weighted by Crippen LogP contribution is 2.31. The maximum absolute atomic E-state index is 10.3. The Morgan fingerprint density at radius 2 is 1.95 bits per heavy atom. The number of benzene rings is 1. The summed E-state index contributed by atoms with van der Waals surface area (Å²) in [6.07, 6.45) is -1.70. The summed E-state index contributed by atoms with van der Waals surface area (Å²) in [5.74, 6) is 0. The number of aliphatic hydroxyl groups excluding tert-OH is 2. The second kappa shape index (κ2) is 6.98. The topological polar surface area (TPSA) is 71.0 Å². The third-order valence-electron chi connectivity index (χ3n) is 3.24. The molecule has 5 heteroatoms. The molecule has 0 amide bonds. The van der Waals surface area contributed by atoms with Gasteiger partial charge >= 0.3 is 0 Å². The van der Waals surface area contributed by atoms with Crippen molar-refractivity contribution in [2.24, 2.45) is 0 Å². The molecular formula is C14H21NO4. The minimum atomic E-state index is -0.933. The lowest BCUT2D eigenvalue weighted by Gasteiger charge is -2.22. The summed E-state index contributed by atoms with van der Waals surface area (Å²) < 4.78 is 10.9. The van der Waals surface area contributed by atoms with E-state index in [4.69, 9.17) is 9.47 Å². The molecule has 1 aliphatic rings. The molecule has 1 aromatic carbocycles. The Kier molecular flexibility index (Phi) is 5.30. The standard InChI is InChI=1S/C14H21NO4/c1-15-7-6-12(16)13(17)10-4-2-3-5-11(10)14-18-8-9-19-14/h2-5,12-17H,6-9H2,1H3. The molecule has 19 heavy (non-hydrogen) atoms. The Bertz CT molecular complexity index is 393. The van der Waals surface area contributed by atoms with E-state index in [1.165, 1.54) is 0 Å². The minimum absolute atomic E-state index is 0.442. The van der Waals surface area contributed by atoms with Crippen LogP contribution in [0.5, 0.6) is 0 Å². The molecule has 0 spiro atoms. The van der Waals surface area contributed by atoms with Crippen LogP contribution < -0.4 is 5.32 Å². The molecular weight excluding hydrogens is 246 g/mol. The average Bonchev–Trinajstić information content (AvgIpc) is 2.98. The summed E-state index contributed by atoms with van der Waals surface area (Å²) in [4.78, 5) is 0. The molecule has 1 aromatic rings. The first kappa shape index (κ1) is 14.4. The Morgan fingerprint density at radius 1 is 1.26 bits per heavy atom. The number of ether oxygens (including phenoxy) is 2. The number of nitrogens with one attached hydrogen (secondary N) is 1. The van der Waals surface area contributed by atoms with Crippen LogP contribution in [0, 0.1) is 0 Å². The molecule has 1 heterocycles. The zero-order chi connectivity index (χ0) is 13.7. The van der Waals surface area contributed by atoms with Crippen LogP contribution in [-0.2, 0) is 9.47 Å². The first-order chi connectivity index (χ1) is 9.24. The van der Waals surface area contributed by atoms with E-state index < -0.39 is 18.5 Å². The van der Waals surface area contributed by atoms with Crippen LogP contribution in [-0.4, -0.2) is 43.1 Å². The summed E-state index contributed by atoms with van der Waals surface area (Å²) in [6, 6.07) is 7.37. The van der Waals surface area contributed by atoms with Crippen molar-refractivity contribution in [3.05, 3.63) is 35.4 Å². The summed E-state index contributed by atoms with van der Waals surface area (Å²) in [5, 5.41) is 23.2. The number of aliphatic hydroxyl groups is 2. The van der Waals surface area contributed by atoms with Crippen molar-refractivity contribution < 1.29 is 19.7 Å². The van der Waals surface area contributed by atoms with Gasteiger partial charge in [0, 0.05) is 5.56 Å². The smallest absolute Gasteiger partial charge is 0.184 e. The van der Waals surface area contributed by atoms with Gasteiger partial charge in [0.2, 0.25) is 0 Å². The van der Waals surface area contributed by atoms with Gasteiger partial charge in [-0.3, -0.25) is 0 Å². The monoisotopic (exact) mass is 267 g/mol. The fourth-order valence-electron chi connectivity index (χ4n) is 2.19. The normalized spacial score (nSPS) is 19.5. The van der Waals surface area contributed by atoms with Crippen LogP contribution in [0.15, 0.2) is 24.3 Å². The van der Waals surface area contributed by atoms with Crippen molar-refractivity contribution in [3.8, 4) is 0 Å². The van der Waals surface area contributed by atoms with Crippen molar-refractivity contribution in [2.75, 3.05) is 26.8 Å². The molecule has 1 fully saturated rings. The van der Waals surface area contributed by atoms with E-state index in [2.05, 4.69) is 5.32 Å². The van der Waals surface area contributed by atoms with E-state index in [1.54, 1.807) is 6.07 Å². The second-order valence-electron chi connectivity index (χ2n) is 4.61. The van der Waals surface area contributed by atoms with Gasteiger partial charge in [-0.05, 0) is 25.6 Å². The lowest BCUT2D eigenvalue weighted by molar-refractivity contribution is -0.0487. The van der Waals surface area contributed by atoms with Gasteiger partial charge in [0.25, 0.3) is 0 Å². The molecule has 5 nitrogen and oxygen atoms in total. The molecule has 106 valence electrons. The SMILES string of the molecule is CNCCC(O)C(O)c1ccccc1C1OCCO1. The molecule has 1 saturated heterocycles. The van der Waals surface area contributed by atoms with Crippen LogP contribution in [0.2, 0.25) is 0 Å². The summed E-state index contributed by atoms with van der Waals surface area (Å²) in [6.45, 7) is 1.76. The molecule has 0 radical (unpaired) electrons. The highest BCUT2D eigenvalue weighted by atomic mass is 16.7. The van der Waals surface area contributed by atoms with Crippen LogP contribution >= 0.6 is 0 Å².